The number of carbonyl (C=O) groups excluding carboxylic acids is 1. The Morgan fingerprint density at radius 3 is 2.88 bits per heavy atom. The monoisotopic (exact) mass is 358 g/mol. The van der Waals surface area contributed by atoms with Crippen molar-refractivity contribution in [2.45, 2.75) is 19.4 Å². The Morgan fingerprint density at radius 1 is 1.40 bits per heavy atom. The Labute approximate surface area is 150 Å². The number of H-pyrrole nitrogens is 1. The van der Waals surface area contributed by atoms with E-state index in [9.17, 15) is 4.79 Å². The van der Waals surface area contributed by atoms with E-state index in [-0.39, 0.29) is 12.1 Å². The summed E-state index contributed by atoms with van der Waals surface area (Å²) in [5, 5.41) is 10.0. The van der Waals surface area contributed by atoms with Gasteiger partial charge >= 0.3 is 6.03 Å². The smallest absolute Gasteiger partial charge is 0.319 e. The summed E-state index contributed by atoms with van der Waals surface area (Å²) in [5.41, 5.74) is 3.47. The van der Waals surface area contributed by atoms with E-state index in [2.05, 4.69) is 32.0 Å². The molecular formula is C17H22N6OS. The van der Waals surface area contributed by atoms with Crippen LogP contribution in [0.25, 0.3) is 11.0 Å². The van der Waals surface area contributed by atoms with E-state index in [0.717, 1.165) is 34.7 Å². The molecule has 0 saturated heterocycles. The highest BCUT2D eigenvalue weighted by Crippen LogP contribution is 2.20. The van der Waals surface area contributed by atoms with Gasteiger partial charge in [-0.25, -0.2) is 9.78 Å². The van der Waals surface area contributed by atoms with E-state index in [4.69, 9.17) is 0 Å². The van der Waals surface area contributed by atoms with E-state index >= 15 is 0 Å². The molecule has 0 radical (unpaired) electrons. The number of imidazole rings is 1. The zero-order valence-electron chi connectivity index (χ0n) is 14.5. The summed E-state index contributed by atoms with van der Waals surface area (Å²) >= 11 is 1.74. The minimum Gasteiger partial charge on any atom is -0.340 e. The van der Waals surface area contributed by atoms with Crippen molar-refractivity contribution in [2.75, 3.05) is 17.3 Å². The summed E-state index contributed by atoms with van der Waals surface area (Å²) in [6.07, 6.45) is 4.49. The first-order valence-electron chi connectivity index (χ1n) is 8.08. The Morgan fingerprint density at radius 2 is 2.20 bits per heavy atom. The minimum atomic E-state index is -0.261. The van der Waals surface area contributed by atoms with Crippen LogP contribution < -0.4 is 10.6 Å². The van der Waals surface area contributed by atoms with Crippen LogP contribution in [0.3, 0.4) is 0 Å². The summed E-state index contributed by atoms with van der Waals surface area (Å²) in [4.78, 5) is 20.4. The molecule has 1 unspecified atom stereocenters. The number of urea groups is 1. The number of aromatic amines is 1. The fourth-order valence-electron chi connectivity index (χ4n) is 2.59. The largest absolute Gasteiger partial charge is 0.340 e. The fraction of sp³-hybridized carbons (Fsp3) is 0.353. The summed E-state index contributed by atoms with van der Waals surface area (Å²) in [5.74, 6) is 1.70. The van der Waals surface area contributed by atoms with Crippen molar-refractivity contribution in [3.05, 3.63) is 42.0 Å². The number of hydrogen-bond donors (Lipinski definition) is 3. The fourth-order valence-corrected chi connectivity index (χ4v) is 3.06. The Bertz CT molecular complexity index is 838. The normalized spacial score (nSPS) is 12.3. The van der Waals surface area contributed by atoms with E-state index in [0.29, 0.717) is 5.69 Å². The maximum Gasteiger partial charge on any atom is 0.319 e. The van der Waals surface area contributed by atoms with Crippen LogP contribution in [-0.4, -0.2) is 37.8 Å². The van der Waals surface area contributed by atoms with E-state index < -0.39 is 0 Å². The molecular weight excluding hydrogens is 336 g/mol. The topological polar surface area (TPSA) is 87.6 Å². The first-order chi connectivity index (χ1) is 12.1. The molecule has 0 aliphatic carbocycles. The van der Waals surface area contributed by atoms with Gasteiger partial charge in [0.2, 0.25) is 0 Å². The molecule has 1 aromatic carbocycles. The number of fused-ring (bicyclic) bond motifs is 1. The molecule has 132 valence electrons. The van der Waals surface area contributed by atoms with Crippen molar-refractivity contribution in [3.8, 4) is 0 Å². The highest BCUT2D eigenvalue weighted by Gasteiger charge is 2.19. The van der Waals surface area contributed by atoms with Gasteiger partial charge in [0.15, 0.2) is 0 Å². The Hall–Kier alpha value is -2.48. The van der Waals surface area contributed by atoms with Gasteiger partial charge in [0.05, 0.1) is 34.7 Å². The van der Waals surface area contributed by atoms with Crippen molar-refractivity contribution in [1.82, 2.24) is 25.1 Å². The van der Waals surface area contributed by atoms with Gasteiger partial charge < -0.3 is 15.6 Å². The quantitative estimate of drug-likeness (QED) is 0.631. The zero-order valence-corrected chi connectivity index (χ0v) is 15.4. The molecule has 0 fully saturated rings. The summed E-state index contributed by atoms with van der Waals surface area (Å²) in [6, 6.07) is 7.41. The number of rotatable bonds is 6. The first-order valence-corrected chi connectivity index (χ1v) is 9.47. The van der Waals surface area contributed by atoms with Gasteiger partial charge in [0, 0.05) is 7.05 Å². The molecule has 2 heterocycles. The van der Waals surface area contributed by atoms with Crippen LogP contribution in [0.1, 0.15) is 24.0 Å². The lowest BCUT2D eigenvalue weighted by Crippen LogP contribution is -2.33. The highest BCUT2D eigenvalue weighted by atomic mass is 32.2. The van der Waals surface area contributed by atoms with Crippen molar-refractivity contribution >= 4 is 34.5 Å². The first kappa shape index (κ1) is 17.3. The molecule has 25 heavy (non-hydrogen) atoms. The van der Waals surface area contributed by atoms with E-state index in [1.807, 2.05) is 38.2 Å². The average Bonchev–Trinajstić information content (AvgIpc) is 3.17. The number of hydrogen-bond acceptors (Lipinski definition) is 4. The maximum absolute atomic E-state index is 12.4. The second-order valence-electron chi connectivity index (χ2n) is 5.84. The molecule has 2 aromatic heterocycles. The van der Waals surface area contributed by atoms with Crippen molar-refractivity contribution in [2.24, 2.45) is 7.05 Å². The second-order valence-corrected chi connectivity index (χ2v) is 6.82. The molecule has 0 saturated carbocycles. The number of carbonyl (C=O) groups is 1. The number of aromatic nitrogens is 4. The average molecular weight is 358 g/mol. The van der Waals surface area contributed by atoms with E-state index in [1.54, 1.807) is 22.6 Å². The van der Waals surface area contributed by atoms with Gasteiger partial charge in [-0.05, 0) is 37.5 Å². The van der Waals surface area contributed by atoms with Gasteiger partial charge in [-0.3, -0.25) is 4.68 Å². The lowest BCUT2D eigenvalue weighted by atomic mass is 10.2. The number of thioether (sulfide) groups is 1. The number of para-hydroxylation sites is 2. The third kappa shape index (κ3) is 3.96. The number of amides is 2. The number of aryl methyl sites for hydroxylation is 1. The molecule has 0 bridgehead atoms. The zero-order chi connectivity index (χ0) is 17.8. The van der Waals surface area contributed by atoms with Gasteiger partial charge in [-0.15, -0.1) is 0 Å². The van der Waals surface area contributed by atoms with Crippen LogP contribution in [0.5, 0.6) is 0 Å². The van der Waals surface area contributed by atoms with Crippen LogP contribution >= 0.6 is 11.8 Å². The third-order valence-corrected chi connectivity index (χ3v) is 4.78. The SMILES string of the molecule is CSCCC(NC(=O)Nc1cnn(C)c1C)c1nc2ccccc2[nH]1. The highest BCUT2D eigenvalue weighted by molar-refractivity contribution is 7.98. The third-order valence-electron chi connectivity index (χ3n) is 4.14. The molecule has 0 spiro atoms. The molecule has 3 N–H and O–H groups in total. The summed E-state index contributed by atoms with van der Waals surface area (Å²) < 4.78 is 1.72. The molecule has 0 aliphatic heterocycles. The molecule has 3 rings (SSSR count). The molecule has 7 nitrogen and oxygen atoms in total. The molecule has 0 aliphatic rings. The Kier molecular flexibility index (Phi) is 5.28. The van der Waals surface area contributed by atoms with Crippen molar-refractivity contribution < 1.29 is 4.79 Å². The van der Waals surface area contributed by atoms with E-state index in [1.165, 1.54) is 0 Å². The maximum atomic E-state index is 12.4. The number of nitrogens with zero attached hydrogens (tertiary/aromatic N) is 3. The number of nitrogens with one attached hydrogen (secondary N) is 3. The van der Waals surface area contributed by atoms with Crippen LogP contribution in [0, 0.1) is 6.92 Å². The van der Waals surface area contributed by atoms with Gasteiger partial charge in [-0.1, -0.05) is 12.1 Å². The van der Waals surface area contributed by atoms with Gasteiger partial charge in [-0.2, -0.15) is 16.9 Å². The number of anilines is 1. The predicted octanol–water partition coefficient (Wildman–Crippen LogP) is 3.22. The number of benzene rings is 1. The summed E-state index contributed by atoms with van der Waals surface area (Å²) in [6.45, 7) is 1.91. The van der Waals surface area contributed by atoms with Crippen LogP contribution in [0.15, 0.2) is 30.5 Å². The molecule has 1 atom stereocenters. The van der Waals surface area contributed by atoms with Crippen molar-refractivity contribution in [1.29, 1.82) is 0 Å². The van der Waals surface area contributed by atoms with Gasteiger partial charge in [0.1, 0.15) is 5.82 Å². The molecule has 2 amide bonds. The lowest BCUT2D eigenvalue weighted by molar-refractivity contribution is 0.247. The standard InChI is InChI=1S/C17H22N6OS/c1-11-15(10-18-23(11)2)22-17(24)21-14(8-9-25-3)16-19-12-6-4-5-7-13(12)20-16/h4-7,10,14H,8-9H2,1-3H3,(H,19,20)(H2,21,22,24). The Balaban J connectivity index is 1.75. The predicted molar refractivity (Wildman–Crippen MR) is 102 cm³/mol. The van der Waals surface area contributed by atoms with Crippen molar-refractivity contribution in [3.63, 3.8) is 0 Å². The minimum absolute atomic E-state index is 0.183. The van der Waals surface area contributed by atoms with Gasteiger partial charge in [0.25, 0.3) is 0 Å². The van der Waals surface area contributed by atoms with Crippen LogP contribution in [0.4, 0.5) is 10.5 Å². The second kappa shape index (κ2) is 7.60. The molecule has 3 aromatic rings. The lowest BCUT2D eigenvalue weighted by Gasteiger charge is -2.16. The van der Waals surface area contributed by atoms with Crippen LogP contribution in [0.2, 0.25) is 0 Å². The summed E-state index contributed by atoms with van der Waals surface area (Å²) in [7, 11) is 1.84. The molecule has 8 heteroatoms. The van der Waals surface area contributed by atoms with Crippen LogP contribution in [-0.2, 0) is 7.05 Å².